The van der Waals surface area contributed by atoms with Crippen molar-refractivity contribution in [3.05, 3.63) is 211 Å². The number of rotatable bonds is 6. The van der Waals surface area contributed by atoms with Crippen LogP contribution >= 0.6 is 0 Å². The molecule has 1 atom stereocenters. The van der Waals surface area contributed by atoms with E-state index in [1.165, 1.54) is 55.6 Å². The lowest BCUT2D eigenvalue weighted by Gasteiger charge is -2.28. The number of hydrogen-bond donors (Lipinski definition) is 0. The van der Waals surface area contributed by atoms with Gasteiger partial charge < -0.3 is 4.90 Å². The molecule has 8 aromatic carbocycles. The predicted octanol–water partition coefficient (Wildman–Crippen LogP) is 13.1. The Labute approximate surface area is 315 Å². The average Bonchev–Trinajstić information content (AvgIpc) is 3.72. The van der Waals surface area contributed by atoms with Crippen molar-refractivity contribution in [3.8, 4) is 50.5 Å². The minimum Gasteiger partial charge on any atom is -0.311 e. The van der Waals surface area contributed by atoms with E-state index in [-0.39, 0.29) is 5.41 Å². The van der Waals surface area contributed by atoms with Crippen molar-refractivity contribution in [3.63, 3.8) is 0 Å². The van der Waals surface area contributed by atoms with Crippen molar-refractivity contribution >= 4 is 28.1 Å². The van der Waals surface area contributed by atoms with Crippen molar-refractivity contribution in [1.82, 2.24) is 9.55 Å². The molecule has 254 valence electrons. The van der Waals surface area contributed by atoms with E-state index in [2.05, 4.69) is 211 Å². The largest absolute Gasteiger partial charge is 0.311 e. The van der Waals surface area contributed by atoms with Gasteiger partial charge in [0, 0.05) is 39.2 Å². The Morgan fingerprint density at radius 2 is 0.981 bits per heavy atom. The van der Waals surface area contributed by atoms with Crippen LogP contribution in [0.25, 0.3) is 61.5 Å². The Morgan fingerprint density at radius 1 is 0.444 bits per heavy atom. The van der Waals surface area contributed by atoms with Crippen LogP contribution in [-0.2, 0) is 5.41 Å². The lowest BCUT2D eigenvalue weighted by atomic mass is 9.74. The molecule has 1 aliphatic carbocycles. The fourth-order valence-electron chi connectivity index (χ4n) is 9.07. The van der Waals surface area contributed by atoms with Gasteiger partial charge in [-0.1, -0.05) is 146 Å². The van der Waals surface area contributed by atoms with Gasteiger partial charge in [0.05, 0.1) is 16.7 Å². The molecule has 1 aromatic heterocycles. The van der Waals surface area contributed by atoms with E-state index in [0.717, 1.165) is 39.7 Å². The maximum atomic E-state index is 5.40. The van der Waals surface area contributed by atoms with Gasteiger partial charge in [-0.15, -0.1) is 0 Å². The van der Waals surface area contributed by atoms with Crippen LogP contribution in [0.3, 0.4) is 0 Å². The van der Waals surface area contributed by atoms with Crippen molar-refractivity contribution in [1.29, 1.82) is 0 Å². The number of anilines is 3. The highest BCUT2D eigenvalue weighted by Gasteiger charge is 2.44. The van der Waals surface area contributed by atoms with Crippen molar-refractivity contribution in [2.75, 3.05) is 4.90 Å². The quantitative estimate of drug-likeness (QED) is 0.173. The molecule has 0 N–H and O–H groups in total. The zero-order valence-electron chi connectivity index (χ0n) is 29.8. The van der Waals surface area contributed by atoms with E-state index in [1.54, 1.807) is 0 Å². The molecule has 0 bridgehead atoms. The number of nitrogens with zero attached hydrogens (tertiary/aromatic N) is 3. The van der Waals surface area contributed by atoms with E-state index < -0.39 is 0 Å². The first-order valence-electron chi connectivity index (χ1n) is 18.6. The zero-order valence-corrected chi connectivity index (χ0v) is 29.8. The lowest BCUT2D eigenvalue weighted by molar-refractivity contribution is 0.714. The molecule has 11 rings (SSSR count). The highest BCUT2D eigenvalue weighted by Crippen LogP contribution is 2.59. The monoisotopic (exact) mass is 689 g/mol. The first-order chi connectivity index (χ1) is 26.7. The van der Waals surface area contributed by atoms with Gasteiger partial charge in [0.2, 0.25) is 0 Å². The Morgan fingerprint density at radius 3 is 1.67 bits per heavy atom. The summed E-state index contributed by atoms with van der Waals surface area (Å²) in [6, 6.07) is 70.1. The maximum absolute atomic E-state index is 5.40. The minimum absolute atomic E-state index is 0.284. The number of fused-ring (bicyclic) bond motifs is 3. The van der Waals surface area contributed by atoms with Crippen molar-refractivity contribution < 1.29 is 0 Å². The Bertz CT molecular complexity index is 2820. The van der Waals surface area contributed by atoms with Crippen LogP contribution < -0.4 is 4.90 Å². The molecular formula is C51H35N3. The molecule has 0 saturated heterocycles. The summed E-state index contributed by atoms with van der Waals surface area (Å²) < 4.78 is 2.43. The lowest BCUT2D eigenvalue weighted by Crippen LogP contribution is -2.22. The van der Waals surface area contributed by atoms with E-state index in [0.29, 0.717) is 0 Å². The minimum atomic E-state index is -0.284. The molecule has 0 radical (unpaired) electrons. The third-order valence-corrected chi connectivity index (χ3v) is 11.6. The molecule has 0 amide bonds. The van der Waals surface area contributed by atoms with Crippen molar-refractivity contribution in [2.45, 2.75) is 12.3 Å². The summed E-state index contributed by atoms with van der Waals surface area (Å²) in [4.78, 5) is 7.70. The van der Waals surface area contributed by atoms with Crippen LogP contribution in [0, 0.1) is 0 Å². The van der Waals surface area contributed by atoms with Crippen molar-refractivity contribution in [2.24, 2.45) is 0 Å². The molecule has 3 heteroatoms. The second-order valence-corrected chi connectivity index (χ2v) is 14.5. The molecule has 9 aromatic rings. The molecule has 3 nitrogen and oxygen atoms in total. The number of benzene rings is 8. The molecule has 54 heavy (non-hydrogen) atoms. The smallest absolute Gasteiger partial charge is 0.145 e. The van der Waals surface area contributed by atoms with E-state index in [4.69, 9.17) is 4.98 Å². The zero-order chi connectivity index (χ0) is 35.8. The summed E-state index contributed by atoms with van der Waals surface area (Å²) >= 11 is 0. The molecule has 2 heterocycles. The normalized spacial score (nSPS) is 14.8. The van der Waals surface area contributed by atoms with Crippen LogP contribution in [0.5, 0.6) is 0 Å². The van der Waals surface area contributed by atoms with Gasteiger partial charge >= 0.3 is 0 Å². The van der Waals surface area contributed by atoms with Crippen LogP contribution in [0.4, 0.5) is 17.1 Å². The Hall–Kier alpha value is -6.97. The maximum Gasteiger partial charge on any atom is 0.145 e. The van der Waals surface area contributed by atoms with E-state index in [9.17, 15) is 0 Å². The fourth-order valence-corrected chi connectivity index (χ4v) is 9.07. The number of hydrogen-bond acceptors (Lipinski definition) is 2. The topological polar surface area (TPSA) is 21.1 Å². The summed E-state index contributed by atoms with van der Waals surface area (Å²) in [7, 11) is 0. The number of aromatic nitrogens is 2. The molecule has 0 saturated carbocycles. The average molecular weight is 690 g/mol. The molecule has 2 aliphatic rings. The molecule has 1 unspecified atom stereocenters. The van der Waals surface area contributed by atoms with Crippen LogP contribution in [0.15, 0.2) is 194 Å². The van der Waals surface area contributed by atoms with Gasteiger partial charge in [0.25, 0.3) is 0 Å². The summed E-state index contributed by atoms with van der Waals surface area (Å²) in [6.07, 6.45) is 0. The summed E-state index contributed by atoms with van der Waals surface area (Å²) in [6.45, 7) is 2.39. The standard InChI is InChI=1S/C51H35N3/c1-51(37-14-5-2-6-15-37)43-22-13-21-42-41-20-11-12-23-46(41)54-49-45(33-32-44(51)48(49)47(42)43)52-50(54)36-26-24-34(25-27-36)35-28-30-40(31-29-35)53(38-16-7-3-8-17-38)39-18-9-4-10-19-39/h2-33H,1H3. The molecule has 0 spiro atoms. The summed E-state index contributed by atoms with van der Waals surface area (Å²) in [5, 5.41) is 0. The van der Waals surface area contributed by atoms with Crippen LogP contribution in [0.1, 0.15) is 23.6 Å². The molecule has 1 aliphatic heterocycles. The van der Waals surface area contributed by atoms with E-state index in [1.807, 2.05) is 0 Å². The number of para-hydroxylation sites is 3. The summed E-state index contributed by atoms with van der Waals surface area (Å²) in [5.74, 6) is 0.955. The first-order valence-corrected chi connectivity index (χ1v) is 18.6. The fraction of sp³-hybridized carbons (Fsp3) is 0.0392. The Balaban J connectivity index is 1.03. The van der Waals surface area contributed by atoms with Gasteiger partial charge in [0.15, 0.2) is 0 Å². The highest BCUT2D eigenvalue weighted by atomic mass is 15.1. The van der Waals surface area contributed by atoms with Gasteiger partial charge in [-0.3, -0.25) is 4.57 Å². The van der Waals surface area contributed by atoms with Gasteiger partial charge in [-0.05, 0) is 94.4 Å². The molecule has 0 fully saturated rings. The second-order valence-electron chi connectivity index (χ2n) is 14.5. The Kier molecular flexibility index (Phi) is 6.68. The summed E-state index contributed by atoms with van der Waals surface area (Å²) in [5.41, 5.74) is 19.0. The SMILES string of the molecule is CC1(c2ccccc2)c2cccc3c2-c2c1ccc1nc(-c4ccc(-c5ccc(N(c6ccccc6)c6ccccc6)cc5)cc4)n(c21)-c1ccccc1-3. The van der Waals surface area contributed by atoms with E-state index >= 15 is 0 Å². The predicted molar refractivity (Wildman–Crippen MR) is 223 cm³/mol. The van der Waals surface area contributed by atoms with Crippen LogP contribution in [0.2, 0.25) is 0 Å². The van der Waals surface area contributed by atoms with Gasteiger partial charge in [0.1, 0.15) is 5.82 Å². The van der Waals surface area contributed by atoms with Gasteiger partial charge in [-0.25, -0.2) is 4.98 Å². The van der Waals surface area contributed by atoms with Crippen LogP contribution in [-0.4, -0.2) is 9.55 Å². The number of imidazole rings is 1. The molecular weight excluding hydrogens is 655 g/mol. The van der Waals surface area contributed by atoms with Gasteiger partial charge in [-0.2, -0.15) is 0 Å². The highest BCUT2D eigenvalue weighted by molar-refractivity contribution is 6.09. The second kappa shape index (κ2) is 11.8. The first kappa shape index (κ1) is 30.6. The third-order valence-electron chi connectivity index (χ3n) is 11.6. The third kappa shape index (κ3) is 4.39.